The summed E-state index contributed by atoms with van der Waals surface area (Å²) in [5.74, 6) is -0.122. The fraction of sp³-hybridized carbons (Fsp3) is 0.429. The number of aliphatic imine (C=N–C) groups is 1. The molecule has 0 spiro atoms. The van der Waals surface area contributed by atoms with Crippen molar-refractivity contribution in [3.05, 3.63) is 35.9 Å². The molecule has 1 aromatic carbocycles. The van der Waals surface area contributed by atoms with Crippen LogP contribution in [0, 0.1) is 5.92 Å². The second-order valence-electron chi connectivity index (χ2n) is 4.13. The highest BCUT2D eigenvalue weighted by atomic mass is 16.5. The summed E-state index contributed by atoms with van der Waals surface area (Å²) in [6, 6.07) is 9.31. The molecule has 0 heterocycles. The van der Waals surface area contributed by atoms with E-state index in [1.165, 1.54) is 0 Å². The maximum absolute atomic E-state index is 11.7. The molecule has 3 heteroatoms. The summed E-state index contributed by atoms with van der Waals surface area (Å²) in [6.45, 7) is 6.12. The lowest BCUT2D eigenvalue weighted by Gasteiger charge is -2.14. The molecule has 1 aromatic rings. The lowest BCUT2D eigenvalue weighted by Crippen LogP contribution is -2.27. The van der Waals surface area contributed by atoms with Crippen LogP contribution in [0.3, 0.4) is 0 Å². The van der Waals surface area contributed by atoms with Crippen molar-refractivity contribution in [3.63, 3.8) is 0 Å². The van der Waals surface area contributed by atoms with Gasteiger partial charge in [-0.3, -0.25) is 4.99 Å². The van der Waals surface area contributed by atoms with Gasteiger partial charge in [-0.15, -0.1) is 0 Å². The highest BCUT2D eigenvalue weighted by molar-refractivity contribution is 5.84. The van der Waals surface area contributed by atoms with Gasteiger partial charge in [-0.05, 0) is 18.4 Å². The van der Waals surface area contributed by atoms with Gasteiger partial charge in [-0.1, -0.05) is 44.2 Å². The molecule has 0 fully saturated rings. The van der Waals surface area contributed by atoms with Crippen molar-refractivity contribution in [3.8, 4) is 0 Å². The summed E-state index contributed by atoms with van der Waals surface area (Å²) in [5, 5.41) is 0. The predicted octanol–water partition coefficient (Wildman–Crippen LogP) is 2.69. The van der Waals surface area contributed by atoms with Crippen LogP contribution in [-0.2, 0) is 9.53 Å². The molecule has 0 saturated heterocycles. The number of nitrogens with zero attached hydrogens (tertiary/aromatic N) is 1. The molecule has 0 radical (unpaired) electrons. The third-order valence-corrected chi connectivity index (χ3v) is 2.34. The first kappa shape index (κ1) is 13.4. The Kier molecular flexibility index (Phi) is 5.40. The molecule has 0 aliphatic heterocycles. The van der Waals surface area contributed by atoms with Crippen LogP contribution >= 0.6 is 0 Å². The molecule has 17 heavy (non-hydrogen) atoms. The van der Waals surface area contributed by atoms with Gasteiger partial charge in [0.15, 0.2) is 0 Å². The highest BCUT2D eigenvalue weighted by Gasteiger charge is 2.21. The maximum Gasteiger partial charge on any atom is 0.331 e. The summed E-state index contributed by atoms with van der Waals surface area (Å²) in [7, 11) is 0. The third kappa shape index (κ3) is 4.39. The van der Waals surface area contributed by atoms with Gasteiger partial charge in [0.2, 0.25) is 0 Å². The molecule has 0 saturated carbocycles. The Morgan fingerprint density at radius 1 is 1.35 bits per heavy atom. The van der Waals surface area contributed by atoms with E-state index in [1.54, 1.807) is 13.1 Å². The minimum Gasteiger partial charge on any atom is -0.464 e. The average molecular weight is 233 g/mol. The Labute approximate surface area is 103 Å². The van der Waals surface area contributed by atoms with Gasteiger partial charge in [-0.2, -0.15) is 0 Å². The number of esters is 1. The van der Waals surface area contributed by atoms with Gasteiger partial charge in [0.25, 0.3) is 0 Å². The van der Waals surface area contributed by atoms with Crippen molar-refractivity contribution in [2.45, 2.75) is 26.8 Å². The van der Waals surface area contributed by atoms with Gasteiger partial charge < -0.3 is 4.74 Å². The minimum atomic E-state index is -0.421. The van der Waals surface area contributed by atoms with Gasteiger partial charge in [0.1, 0.15) is 6.04 Å². The van der Waals surface area contributed by atoms with Gasteiger partial charge in [-0.25, -0.2) is 4.79 Å². The number of rotatable bonds is 5. The van der Waals surface area contributed by atoms with Gasteiger partial charge >= 0.3 is 5.97 Å². The molecule has 92 valence electrons. The van der Waals surface area contributed by atoms with E-state index in [1.807, 2.05) is 44.2 Å². The fourth-order valence-electron chi connectivity index (χ4n) is 1.44. The molecule has 1 unspecified atom stereocenters. The van der Waals surface area contributed by atoms with E-state index in [4.69, 9.17) is 4.74 Å². The average Bonchev–Trinajstić information content (AvgIpc) is 2.30. The topological polar surface area (TPSA) is 38.7 Å². The molecule has 0 aromatic heterocycles. The van der Waals surface area contributed by atoms with E-state index in [9.17, 15) is 4.79 Å². The van der Waals surface area contributed by atoms with Crippen LogP contribution in [0.5, 0.6) is 0 Å². The molecule has 0 N–H and O–H groups in total. The lowest BCUT2D eigenvalue weighted by atomic mass is 10.1. The predicted molar refractivity (Wildman–Crippen MR) is 69.3 cm³/mol. The van der Waals surface area contributed by atoms with Crippen LogP contribution < -0.4 is 0 Å². The largest absolute Gasteiger partial charge is 0.464 e. The monoisotopic (exact) mass is 233 g/mol. The quantitative estimate of drug-likeness (QED) is 0.579. The summed E-state index contributed by atoms with van der Waals surface area (Å²) < 4.78 is 5.00. The van der Waals surface area contributed by atoms with Crippen molar-refractivity contribution >= 4 is 12.2 Å². The van der Waals surface area contributed by atoms with Gasteiger partial charge in [0, 0.05) is 6.21 Å². The van der Waals surface area contributed by atoms with Crippen molar-refractivity contribution in [1.82, 2.24) is 0 Å². The number of hydrogen-bond acceptors (Lipinski definition) is 3. The highest BCUT2D eigenvalue weighted by Crippen LogP contribution is 2.09. The van der Waals surface area contributed by atoms with E-state index in [-0.39, 0.29) is 11.9 Å². The Morgan fingerprint density at radius 3 is 2.53 bits per heavy atom. The molecule has 1 rings (SSSR count). The van der Waals surface area contributed by atoms with Crippen molar-refractivity contribution in [1.29, 1.82) is 0 Å². The lowest BCUT2D eigenvalue weighted by molar-refractivity contribution is -0.145. The van der Waals surface area contributed by atoms with Crippen molar-refractivity contribution in [2.75, 3.05) is 6.61 Å². The molecule has 0 aliphatic rings. The van der Waals surface area contributed by atoms with Gasteiger partial charge in [0.05, 0.1) is 6.61 Å². The van der Waals surface area contributed by atoms with Crippen molar-refractivity contribution in [2.24, 2.45) is 10.9 Å². The zero-order chi connectivity index (χ0) is 12.7. The SMILES string of the molecule is CCOC(=O)C(N=Cc1ccccc1)C(C)C. The molecular formula is C14H19NO2. The first-order chi connectivity index (χ1) is 8.15. The third-order valence-electron chi connectivity index (χ3n) is 2.34. The normalized spacial score (nSPS) is 12.9. The van der Waals surface area contributed by atoms with Crippen LogP contribution in [0.2, 0.25) is 0 Å². The van der Waals surface area contributed by atoms with E-state index < -0.39 is 6.04 Å². The molecule has 1 atom stereocenters. The molecule has 0 aliphatic carbocycles. The Balaban J connectivity index is 2.73. The molecular weight excluding hydrogens is 214 g/mol. The summed E-state index contributed by atoms with van der Waals surface area (Å²) in [5.41, 5.74) is 0.988. The molecule has 3 nitrogen and oxygen atoms in total. The van der Waals surface area contributed by atoms with E-state index in [2.05, 4.69) is 4.99 Å². The second-order valence-corrected chi connectivity index (χ2v) is 4.13. The van der Waals surface area contributed by atoms with Crippen LogP contribution in [-0.4, -0.2) is 24.8 Å². The zero-order valence-corrected chi connectivity index (χ0v) is 10.6. The second kappa shape index (κ2) is 6.84. The van der Waals surface area contributed by atoms with Crippen LogP contribution in [0.4, 0.5) is 0 Å². The smallest absolute Gasteiger partial charge is 0.331 e. The Bertz CT molecular complexity index is 371. The molecule has 0 bridgehead atoms. The summed E-state index contributed by atoms with van der Waals surface area (Å²) in [6.07, 6.45) is 1.72. The Hall–Kier alpha value is -1.64. The van der Waals surface area contributed by atoms with Crippen molar-refractivity contribution < 1.29 is 9.53 Å². The minimum absolute atomic E-state index is 0.133. The number of carbonyl (C=O) groups is 1. The maximum atomic E-state index is 11.7. The molecule has 0 amide bonds. The summed E-state index contributed by atoms with van der Waals surface area (Å²) in [4.78, 5) is 16.0. The van der Waals surface area contributed by atoms with E-state index >= 15 is 0 Å². The standard InChI is InChI=1S/C14H19NO2/c1-4-17-14(16)13(11(2)3)15-10-12-8-6-5-7-9-12/h5-11,13H,4H2,1-3H3. The number of benzene rings is 1. The first-order valence-electron chi connectivity index (χ1n) is 5.90. The number of hydrogen-bond donors (Lipinski definition) is 0. The Morgan fingerprint density at radius 2 is 2.00 bits per heavy atom. The van der Waals surface area contributed by atoms with Crippen LogP contribution in [0.15, 0.2) is 35.3 Å². The summed E-state index contributed by atoms with van der Waals surface area (Å²) >= 11 is 0. The van der Waals surface area contributed by atoms with E-state index in [0.717, 1.165) is 5.56 Å². The number of ether oxygens (including phenoxy) is 1. The first-order valence-corrected chi connectivity index (χ1v) is 5.90. The fourth-order valence-corrected chi connectivity index (χ4v) is 1.44. The van der Waals surface area contributed by atoms with Crippen LogP contribution in [0.1, 0.15) is 26.3 Å². The van der Waals surface area contributed by atoms with Crippen LogP contribution in [0.25, 0.3) is 0 Å². The van der Waals surface area contributed by atoms with E-state index in [0.29, 0.717) is 6.61 Å². The zero-order valence-electron chi connectivity index (χ0n) is 10.6. The number of carbonyl (C=O) groups excluding carboxylic acids is 1.